The molecule has 1 aliphatic rings. The Morgan fingerprint density at radius 1 is 0.964 bits per heavy atom. The van der Waals surface area contributed by atoms with Crippen LogP contribution >= 0.6 is 23.2 Å². The summed E-state index contributed by atoms with van der Waals surface area (Å²) in [7, 11) is 0. The zero-order chi connectivity index (χ0) is 20.4. The number of carbonyl (C=O) groups is 1. The highest BCUT2D eigenvalue weighted by atomic mass is 35.5. The van der Waals surface area contributed by atoms with Gasteiger partial charge in [0.1, 0.15) is 23.0 Å². The second-order valence-electron chi connectivity index (χ2n) is 5.79. The lowest BCUT2D eigenvalue weighted by molar-refractivity contribution is -0.111. The fourth-order valence-electron chi connectivity index (χ4n) is 2.55. The number of rotatable bonds is 4. The van der Waals surface area contributed by atoms with Crippen molar-refractivity contribution in [3.8, 4) is 11.5 Å². The van der Waals surface area contributed by atoms with Crippen LogP contribution in [0.15, 0.2) is 64.5 Å². The average molecular weight is 421 g/mol. The summed E-state index contributed by atoms with van der Waals surface area (Å²) in [4.78, 5) is 16.6. The Balaban J connectivity index is 2.10. The number of allylic oxidation sites excluding steroid dienone is 2. The van der Waals surface area contributed by atoms with Crippen molar-refractivity contribution >= 4 is 46.1 Å². The van der Waals surface area contributed by atoms with E-state index in [1.165, 1.54) is 36.4 Å². The number of nitrogens with one attached hydrogen (secondary N) is 1. The molecule has 2 aromatic rings. The maximum Gasteiger partial charge on any atom is 0.206 e. The minimum Gasteiger partial charge on any atom is -0.508 e. The van der Waals surface area contributed by atoms with Gasteiger partial charge in [-0.3, -0.25) is 4.79 Å². The van der Waals surface area contributed by atoms with E-state index < -0.39 is 18.1 Å². The molecule has 28 heavy (non-hydrogen) atoms. The van der Waals surface area contributed by atoms with Gasteiger partial charge in [-0.1, -0.05) is 23.2 Å². The van der Waals surface area contributed by atoms with Crippen LogP contribution in [0, 0.1) is 0 Å². The predicted molar refractivity (Wildman–Crippen MR) is 107 cm³/mol. The lowest BCUT2D eigenvalue weighted by atomic mass is 9.97. The number of ketones is 1. The van der Waals surface area contributed by atoms with Crippen LogP contribution in [0.1, 0.15) is 0 Å². The standard InChI is InChI=1S/C19H14Cl2N2O5/c20-12-5-9(25)1-3-14(12)22-18-11(8-24)19(17(28)7-16(18)27)23-15-4-2-10(26)6-13(15)21/h1-7,22,24-26,28H,8H2. The zero-order valence-electron chi connectivity index (χ0n) is 14.1. The molecule has 0 aliphatic heterocycles. The number of hydrogen-bond acceptors (Lipinski definition) is 7. The molecule has 0 aromatic heterocycles. The molecule has 7 nitrogen and oxygen atoms in total. The van der Waals surface area contributed by atoms with E-state index in [0.29, 0.717) is 5.69 Å². The molecule has 2 aromatic carbocycles. The number of anilines is 1. The van der Waals surface area contributed by atoms with Gasteiger partial charge in [-0.15, -0.1) is 0 Å². The minimum atomic E-state index is -0.615. The van der Waals surface area contributed by atoms with Gasteiger partial charge in [0.2, 0.25) is 5.78 Å². The molecule has 0 radical (unpaired) electrons. The Hall–Kier alpha value is -3.00. The van der Waals surface area contributed by atoms with Crippen molar-refractivity contribution in [3.05, 3.63) is 69.5 Å². The number of carbonyl (C=O) groups excluding carboxylic acids is 1. The van der Waals surface area contributed by atoms with Gasteiger partial charge >= 0.3 is 0 Å². The molecule has 9 heteroatoms. The highest BCUT2D eigenvalue weighted by molar-refractivity contribution is 6.34. The third-order valence-electron chi connectivity index (χ3n) is 3.88. The summed E-state index contributed by atoms with van der Waals surface area (Å²) < 4.78 is 0. The molecule has 0 amide bonds. The van der Waals surface area contributed by atoms with Gasteiger partial charge in [0.25, 0.3) is 0 Å². The maximum absolute atomic E-state index is 12.4. The van der Waals surface area contributed by atoms with Crippen molar-refractivity contribution in [2.45, 2.75) is 0 Å². The quantitative estimate of drug-likeness (QED) is 0.378. The van der Waals surface area contributed by atoms with E-state index in [4.69, 9.17) is 23.2 Å². The van der Waals surface area contributed by atoms with Crippen LogP contribution in [0.4, 0.5) is 11.4 Å². The SMILES string of the molecule is O=C1C=C(O)C(=Nc2ccc(O)cc2Cl)C(CO)=C1Nc1ccc(O)cc1Cl. The molecule has 144 valence electrons. The van der Waals surface area contributed by atoms with Crippen molar-refractivity contribution < 1.29 is 25.2 Å². The van der Waals surface area contributed by atoms with Crippen LogP contribution in [0.2, 0.25) is 10.0 Å². The summed E-state index contributed by atoms with van der Waals surface area (Å²) in [5.41, 5.74) is 0.453. The van der Waals surface area contributed by atoms with E-state index in [-0.39, 0.29) is 44.2 Å². The predicted octanol–water partition coefficient (Wildman–Crippen LogP) is 3.86. The van der Waals surface area contributed by atoms with Crippen molar-refractivity contribution in [2.75, 3.05) is 11.9 Å². The summed E-state index contributed by atoms with van der Waals surface area (Å²) in [5, 5.41) is 42.0. The van der Waals surface area contributed by atoms with Gasteiger partial charge in [-0.2, -0.15) is 0 Å². The van der Waals surface area contributed by atoms with Crippen LogP contribution in [-0.2, 0) is 4.79 Å². The second kappa shape index (κ2) is 7.93. The number of hydrogen-bond donors (Lipinski definition) is 5. The molecule has 5 N–H and O–H groups in total. The van der Waals surface area contributed by atoms with Gasteiger partial charge < -0.3 is 25.7 Å². The largest absolute Gasteiger partial charge is 0.508 e. The van der Waals surface area contributed by atoms with E-state index >= 15 is 0 Å². The van der Waals surface area contributed by atoms with Gasteiger partial charge in [0.05, 0.1) is 33.7 Å². The Morgan fingerprint density at radius 2 is 1.61 bits per heavy atom. The number of nitrogens with zero attached hydrogens (tertiary/aromatic N) is 1. The zero-order valence-corrected chi connectivity index (χ0v) is 15.7. The molecule has 0 heterocycles. The molecule has 3 rings (SSSR count). The maximum atomic E-state index is 12.4. The Bertz CT molecular complexity index is 1060. The normalized spacial score (nSPS) is 15.8. The number of phenolic OH excluding ortho intramolecular Hbond substituents is 2. The van der Waals surface area contributed by atoms with Gasteiger partial charge in [0.15, 0.2) is 0 Å². The van der Waals surface area contributed by atoms with E-state index in [1.54, 1.807) is 0 Å². The van der Waals surface area contributed by atoms with E-state index in [9.17, 15) is 25.2 Å². The van der Waals surface area contributed by atoms with Gasteiger partial charge in [-0.25, -0.2) is 4.99 Å². The molecule has 0 bridgehead atoms. The molecule has 0 atom stereocenters. The van der Waals surface area contributed by atoms with Crippen molar-refractivity contribution in [2.24, 2.45) is 4.99 Å². The molecular formula is C19H14Cl2N2O5. The lowest BCUT2D eigenvalue weighted by Crippen LogP contribution is -2.25. The first-order valence-electron chi connectivity index (χ1n) is 7.92. The molecule has 0 fully saturated rings. The smallest absolute Gasteiger partial charge is 0.206 e. The first kappa shape index (κ1) is 19.8. The first-order chi connectivity index (χ1) is 13.3. The van der Waals surface area contributed by atoms with Crippen LogP contribution < -0.4 is 5.32 Å². The summed E-state index contributed by atoms with van der Waals surface area (Å²) in [6.07, 6.45) is 0.947. The van der Waals surface area contributed by atoms with Crippen LogP contribution in [0.3, 0.4) is 0 Å². The monoisotopic (exact) mass is 420 g/mol. The Morgan fingerprint density at radius 3 is 2.21 bits per heavy atom. The summed E-state index contributed by atoms with van der Waals surface area (Å²) >= 11 is 12.1. The van der Waals surface area contributed by atoms with E-state index in [0.717, 1.165) is 6.08 Å². The second-order valence-corrected chi connectivity index (χ2v) is 6.61. The minimum absolute atomic E-state index is 0.0262. The van der Waals surface area contributed by atoms with Gasteiger partial charge in [-0.05, 0) is 24.3 Å². The third kappa shape index (κ3) is 3.96. The number of phenols is 2. The molecule has 0 saturated heterocycles. The molecule has 0 unspecified atom stereocenters. The van der Waals surface area contributed by atoms with E-state index in [1.807, 2.05) is 0 Å². The summed E-state index contributed by atoms with van der Waals surface area (Å²) in [6, 6.07) is 8.17. The summed E-state index contributed by atoms with van der Waals surface area (Å²) in [5.74, 6) is -1.15. The fourth-order valence-corrected chi connectivity index (χ4v) is 2.99. The number of benzene rings is 2. The van der Waals surface area contributed by atoms with Crippen LogP contribution in [-0.4, -0.2) is 38.5 Å². The average Bonchev–Trinajstić information content (AvgIpc) is 2.62. The number of aliphatic imine (C=N–C) groups is 1. The molecule has 0 spiro atoms. The highest BCUT2D eigenvalue weighted by Gasteiger charge is 2.27. The fraction of sp³-hybridized carbons (Fsp3) is 0.0526. The van der Waals surface area contributed by atoms with Crippen molar-refractivity contribution in [3.63, 3.8) is 0 Å². The Kier molecular flexibility index (Phi) is 5.60. The number of aromatic hydroxyl groups is 2. The van der Waals surface area contributed by atoms with Crippen LogP contribution in [0.25, 0.3) is 0 Å². The Labute approximate surface area is 169 Å². The molecule has 0 saturated carbocycles. The van der Waals surface area contributed by atoms with Crippen LogP contribution in [0.5, 0.6) is 11.5 Å². The molecular weight excluding hydrogens is 407 g/mol. The van der Waals surface area contributed by atoms with Gasteiger partial charge in [0, 0.05) is 23.8 Å². The number of aliphatic hydroxyl groups excluding tert-OH is 2. The van der Waals surface area contributed by atoms with Crippen molar-refractivity contribution in [1.29, 1.82) is 0 Å². The first-order valence-corrected chi connectivity index (χ1v) is 8.68. The lowest BCUT2D eigenvalue weighted by Gasteiger charge is -2.20. The van der Waals surface area contributed by atoms with E-state index in [2.05, 4.69) is 10.3 Å². The summed E-state index contributed by atoms with van der Waals surface area (Å²) in [6.45, 7) is -0.615. The molecule has 1 aliphatic carbocycles. The number of aliphatic hydroxyl groups is 2. The van der Waals surface area contributed by atoms with Crippen molar-refractivity contribution in [1.82, 2.24) is 0 Å². The highest BCUT2D eigenvalue weighted by Crippen LogP contribution is 2.32. The number of halogens is 2. The third-order valence-corrected chi connectivity index (χ3v) is 4.49. The topological polar surface area (TPSA) is 122 Å².